The maximum Gasteiger partial charge on any atom is 0.286 e. The van der Waals surface area contributed by atoms with Gasteiger partial charge in [0.05, 0.1) is 21.4 Å². The first-order valence-corrected chi connectivity index (χ1v) is 11.8. The molecular formula is C18H17Cl2N3O4S2. The first-order chi connectivity index (χ1) is 13.6. The van der Waals surface area contributed by atoms with Crippen molar-refractivity contribution in [2.45, 2.75) is 17.7 Å². The Hall–Kier alpha value is -1.78. The summed E-state index contributed by atoms with van der Waals surface area (Å²) in [6.07, 6.45) is 1.66. The summed E-state index contributed by atoms with van der Waals surface area (Å²) < 4.78 is 22.7. The second-order valence-corrected chi connectivity index (χ2v) is 9.65. The number of halogens is 2. The fraction of sp³-hybridized carbons (Fsp3) is 0.222. The second kappa shape index (κ2) is 8.93. The Kier molecular flexibility index (Phi) is 6.75. The van der Waals surface area contributed by atoms with E-state index < -0.39 is 15.9 Å². The molecule has 1 aliphatic rings. The molecule has 3 rings (SSSR count). The van der Waals surface area contributed by atoms with Gasteiger partial charge in [-0.15, -0.1) is 0 Å². The summed E-state index contributed by atoms with van der Waals surface area (Å²) >= 11 is 12.9. The van der Waals surface area contributed by atoms with Crippen LogP contribution in [0.15, 0.2) is 41.3 Å². The number of primary sulfonamides is 1. The maximum atomic E-state index is 12.6. The van der Waals surface area contributed by atoms with Crippen molar-refractivity contribution in [3.05, 3.63) is 52.0 Å². The van der Waals surface area contributed by atoms with Crippen LogP contribution in [0.4, 0.5) is 16.2 Å². The van der Waals surface area contributed by atoms with Gasteiger partial charge in [0, 0.05) is 17.3 Å². The van der Waals surface area contributed by atoms with E-state index in [1.165, 1.54) is 12.1 Å². The Balaban J connectivity index is 1.61. The van der Waals surface area contributed by atoms with Crippen molar-refractivity contribution in [1.29, 1.82) is 0 Å². The standard InChI is InChI=1S/C18H17Cl2N3O4S2/c19-12-3-6-16-11(8-12)2-1-7-23(16)18(25)28-10-17(24)22-15-5-4-13(9-14(15)20)29(21,26)27/h3-6,8-9H,1-2,7,10H2,(H,22,24)(H2,21,26,27). The van der Waals surface area contributed by atoms with Gasteiger partial charge in [-0.2, -0.15) is 0 Å². The number of sulfonamides is 1. The molecule has 2 aromatic rings. The van der Waals surface area contributed by atoms with Crippen molar-refractivity contribution in [3.63, 3.8) is 0 Å². The summed E-state index contributed by atoms with van der Waals surface area (Å²) in [4.78, 5) is 26.3. The van der Waals surface area contributed by atoms with Crippen LogP contribution >= 0.6 is 35.0 Å². The normalized spacial score (nSPS) is 13.7. The average Bonchev–Trinajstić information content (AvgIpc) is 2.66. The van der Waals surface area contributed by atoms with Crippen molar-refractivity contribution in [1.82, 2.24) is 0 Å². The third kappa shape index (κ3) is 5.43. The molecule has 11 heteroatoms. The predicted molar refractivity (Wildman–Crippen MR) is 116 cm³/mol. The molecule has 0 radical (unpaired) electrons. The van der Waals surface area contributed by atoms with Gasteiger partial charge in [-0.3, -0.25) is 9.59 Å². The molecule has 29 heavy (non-hydrogen) atoms. The molecule has 0 saturated carbocycles. The molecule has 0 saturated heterocycles. The zero-order chi connectivity index (χ0) is 21.2. The Bertz CT molecular complexity index is 1080. The van der Waals surface area contributed by atoms with E-state index in [1.54, 1.807) is 11.0 Å². The van der Waals surface area contributed by atoms with Crippen LogP contribution in [0.1, 0.15) is 12.0 Å². The quantitative estimate of drug-likeness (QED) is 0.699. The fourth-order valence-electron chi connectivity index (χ4n) is 2.92. The van der Waals surface area contributed by atoms with Gasteiger partial charge in [0.2, 0.25) is 15.9 Å². The summed E-state index contributed by atoms with van der Waals surface area (Å²) in [5, 5.41) is 8.02. The topological polar surface area (TPSA) is 110 Å². The first-order valence-electron chi connectivity index (χ1n) is 8.50. The van der Waals surface area contributed by atoms with Crippen molar-refractivity contribution in [2.75, 3.05) is 22.5 Å². The molecule has 7 nitrogen and oxygen atoms in total. The monoisotopic (exact) mass is 473 g/mol. The lowest BCUT2D eigenvalue weighted by Crippen LogP contribution is -2.33. The molecule has 2 amide bonds. The average molecular weight is 474 g/mol. The number of hydrogen-bond donors (Lipinski definition) is 2. The highest BCUT2D eigenvalue weighted by Gasteiger charge is 2.24. The summed E-state index contributed by atoms with van der Waals surface area (Å²) in [6, 6.07) is 9.13. The minimum Gasteiger partial charge on any atom is -0.324 e. The maximum absolute atomic E-state index is 12.6. The molecule has 1 heterocycles. The van der Waals surface area contributed by atoms with Gasteiger partial charge < -0.3 is 10.2 Å². The highest BCUT2D eigenvalue weighted by Crippen LogP contribution is 2.32. The number of nitrogens with two attached hydrogens (primary N) is 1. The lowest BCUT2D eigenvalue weighted by Gasteiger charge is -2.29. The van der Waals surface area contributed by atoms with E-state index in [9.17, 15) is 18.0 Å². The molecule has 0 aromatic heterocycles. The van der Waals surface area contributed by atoms with E-state index in [0.29, 0.717) is 11.6 Å². The Morgan fingerprint density at radius 3 is 2.62 bits per heavy atom. The number of thioether (sulfide) groups is 1. The molecule has 0 aliphatic carbocycles. The van der Waals surface area contributed by atoms with Crippen LogP contribution in [0.25, 0.3) is 0 Å². The highest BCUT2D eigenvalue weighted by atomic mass is 35.5. The number of aryl methyl sites for hydroxylation is 1. The third-order valence-corrected chi connectivity index (χ3v) is 6.58. The molecule has 1 aliphatic heterocycles. The number of nitrogens with zero attached hydrogens (tertiary/aromatic N) is 1. The van der Waals surface area contributed by atoms with Crippen molar-refractivity contribution in [2.24, 2.45) is 5.14 Å². The van der Waals surface area contributed by atoms with Crippen molar-refractivity contribution >= 4 is 67.5 Å². The van der Waals surface area contributed by atoms with Crippen molar-refractivity contribution < 1.29 is 18.0 Å². The van der Waals surface area contributed by atoms with Gasteiger partial charge in [0.15, 0.2) is 0 Å². The molecule has 0 atom stereocenters. The first kappa shape index (κ1) is 21.9. The summed E-state index contributed by atoms with van der Waals surface area (Å²) in [5.41, 5.74) is 2.04. The van der Waals surface area contributed by atoms with E-state index in [0.717, 1.165) is 41.9 Å². The molecule has 3 N–H and O–H groups in total. The number of anilines is 2. The molecule has 0 spiro atoms. The van der Waals surface area contributed by atoms with E-state index in [2.05, 4.69) is 5.32 Å². The lowest BCUT2D eigenvalue weighted by atomic mass is 10.0. The third-order valence-electron chi connectivity index (χ3n) is 4.25. The summed E-state index contributed by atoms with van der Waals surface area (Å²) in [6.45, 7) is 0.572. The predicted octanol–water partition coefficient (Wildman–Crippen LogP) is 3.89. The SMILES string of the molecule is NS(=O)(=O)c1ccc(NC(=O)CSC(=O)N2CCCc3cc(Cl)ccc32)c(Cl)c1. The van der Waals surface area contributed by atoms with Crippen molar-refractivity contribution in [3.8, 4) is 0 Å². The van der Waals surface area contributed by atoms with Gasteiger partial charge in [0.1, 0.15) is 0 Å². The van der Waals surface area contributed by atoms with Crippen LogP contribution in [-0.2, 0) is 21.2 Å². The number of carbonyl (C=O) groups excluding carboxylic acids is 2. The summed E-state index contributed by atoms with van der Waals surface area (Å²) in [5.74, 6) is -0.562. The van der Waals surface area contributed by atoms with Crippen LogP contribution < -0.4 is 15.4 Å². The van der Waals surface area contributed by atoms with Gasteiger partial charge in [-0.05, 0) is 54.8 Å². The van der Waals surface area contributed by atoms with Gasteiger partial charge >= 0.3 is 0 Å². The number of amides is 2. The molecule has 154 valence electrons. The lowest BCUT2D eigenvalue weighted by molar-refractivity contribution is -0.113. The smallest absolute Gasteiger partial charge is 0.286 e. The number of benzene rings is 2. The van der Waals surface area contributed by atoms with Crippen LogP contribution in [0.3, 0.4) is 0 Å². The number of fused-ring (bicyclic) bond motifs is 1. The van der Waals surface area contributed by atoms with E-state index in [-0.39, 0.29) is 26.6 Å². The largest absolute Gasteiger partial charge is 0.324 e. The minimum absolute atomic E-state index is 0.0306. The second-order valence-electron chi connectivity index (χ2n) is 6.32. The van der Waals surface area contributed by atoms with Crippen LogP contribution in [0.2, 0.25) is 10.0 Å². The Labute approximate surface area is 182 Å². The fourth-order valence-corrected chi connectivity index (χ4v) is 4.62. The molecular weight excluding hydrogens is 457 g/mol. The Morgan fingerprint density at radius 2 is 1.93 bits per heavy atom. The molecule has 0 fully saturated rings. The molecule has 0 unspecified atom stereocenters. The number of nitrogens with one attached hydrogen (secondary N) is 1. The van der Waals surface area contributed by atoms with Crippen LogP contribution in [0.5, 0.6) is 0 Å². The van der Waals surface area contributed by atoms with Crippen LogP contribution in [-0.4, -0.2) is 31.9 Å². The molecule has 2 aromatic carbocycles. The Morgan fingerprint density at radius 1 is 1.17 bits per heavy atom. The number of carbonyl (C=O) groups is 2. The van der Waals surface area contributed by atoms with Crippen LogP contribution in [0, 0.1) is 0 Å². The van der Waals surface area contributed by atoms with E-state index in [4.69, 9.17) is 28.3 Å². The van der Waals surface area contributed by atoms with Gasteiger partial charge in [-0.1, -0.05) is 35.0 Å². The van der Waals surface area contributed by atoms with Gasteiger partial charge in [-0.25, -0.2) is 13.6 Å². The zero-order valence-corrected chi connectivity index (χ0v) is 18.2. The molecule has 0 bridgehead atoms. The van der Waals surface area contributed by atoms with E-state index in [1.807, 2.05) is 12.1 Å². The van der Waals surface area contributed by atoms with Gasteiger partial charge in [0.25, 0.3) is 5.24 Å². The summed E-state index contributed by atoms with van der Waals surface area (Å²) in [7, 11) is -3.89. The highest BCUT2D eigenvalue weighted by molar-refractivity contribution is 8.14. The number of rotatable bonds is 4. The van der Waals surface area contributed by atoms with E-state index >= 15 is 0 Å². The zero-order valence-electron chi connectivity index (χ0n) is 15.0. The number of hydrogen-bond acceptors (Lipinski definition) is 5. The minimum atomic E-state index is -3.89.